The van der Waals surface area contributed by atoms with E-state index in [9.17, 15) is 0 Å². The van der Waals surface area contributed by atoms with Gasteiger partial charge in [0.05, 0.1) is 5.41 Å². The van der Waals surface area contributed by atoms with Crippen LogP contribution in [-0.4, -0.2) is 45.4 Å². The third-order valence-electron chi connectivity index (χ3n) is 5.60. The number of hydrogen-bond acceptors (Lipinski definition) is 4. The molecule has 43 heavy (non-hydrogen) atoms. The summed E-state index contributed by atoms with van der Waals surface area (Å²) in [7, 11) is 5.17. The van der Waals surface area contributed by atoms with Gasteiger partial charge >= 0.3 is 0 Å². The monoisotopic (exact) mass is 667 g/mol. The predicted octanol–water partition coefficient (Wildman–Crippen LogP) is 9.61. The van der Waals surface area contributed by atoms with E-state index in [2.05, 4.69) is 119 Å². The molecule has 5 heteroatoms. The SMILES string of the molecule is CC.CC.CC.CC.CO.CO.COCOC.[Y].c1ccc(C2(c3ccccc3)c3ccccc3-c3ccccc32)cc1. The molecule has 0 unspecified atom stereocenters. The second-order valence-corrected chi connectivity index (χ2v) is 7.27. The van der Waals surface area contributed by atoms with Crippen molar-refractivity contribution in [2.24, 2.45) is 0 Å². The molecule has 4 aromatic carbocycles. The molecule has 4 aromatic rings. The van der Waals surface area contributed by atoms with Gasteiger partial charge in [0, 0.05) is 61.1 Å². The first-order valence-electron chi connectivity index (χ1n) is 15.0. The predicted molar refractivity (Wildman–Crippen MR) is 184 cm³/mol. The van der Waals surface area contributed by atoms with Crippen LogP contribution >= 0.6 is 0 Å². The van der Waals surface area contributed by atoms with Crippen LogP contribution in [0.15, 0.2) is 109 Å². The molecule has 1 aliphatic carbocycles. The van der Waals surface area contributed by atoms with Crippen LogP contribution in [0.5, 0.6) is 0 Å². The van der Waals surface area contributed by atoms with Gasteiger partial charge in [-0.25, -0.2) is 0 Å². The van der Waals surface area contributed by atoms with Crippen molar-refractivity contribution in [1.82, 2.24) is 0 Å². The molecule has 0 aliphatic heterocycles. The first kappa shape index (κ1) is 47.7. The van der Waals surface area contributed by atoms with Gasteiger partial charge in [0.1, 0.15) is 6.79 Å². The van der Waals surface area contributed by atoms with Gasteiger partial charge in [0.2, 0.25) is 0 Å². The topological polar surface area (TPSA) is 58.9 Å². The zero-order valence-corrected chi connectivity index (χ0v) is 31.7. The second kappa shape index (κ2) is 32.7. The molecule has 1 radical (unpaired) electrons. The summed E-state index contributed by atoms with van der Waals surface area (Å²) in [5, 5.41) is 14.0. The maximum absolute atomic E-state index is 7.00. The number of ether oxygens (including phenoxy) is 2. The number of benzene rings is 4. The van der Waals surface area contributed by atoms with E-state index < -0.39 is 0 Å². The van der Waals surface area contributed by atoms with Crippen molar-refractivity contribution >= 4 is 0 Å². The second-order valence-electron chi connectivity index (χ2n) is 7.27. The molecule has 1 aliphatic rings. The maximum atomic E-state index is 7.00. The van der Waals surface area contributed by atoms with Gasteiger partial charge in [0.15, 0.2) is 0 Å². The summed E-state index contributed by atoms with van der Waals surface area (Å²) < 4.78 is 8.94. The Morgan fingerprint density at radius 3 is 0.953 bits per heavy atom. The van der Waals surface area contributed by atoms with E-state index in [1.165, 1.54) is 33.4 Å². The summed E-state index contributed by atoms with van der Waals surface area (Å²) in [6.45, 7) is 16.4. The Morgan fingerprint density at radius 1 is 0.442 bits per heavy atom. The van der Waals surface area contributed by atoms with Crippen molar-refractivity contribution in [3.8, 4) is 11.1 Å². The molecule has 5 rings (SSSR count). The van der Waals surface area contributed by atoms with E-state index in [1.807, 2.05) is 55.4 Å². The third-order valence-corrected chi connectivity index (χ3v) is 5.60. The average Bonchev–Trinajstić information content (AvgIpc) is 3.43. The summed E-state index contributed by atoms with van der Waals surface area (Å²) >= 11 is 0. The largest absolute Gasteiger partial charge is 0.400 e. The van der Waals surface area contributed by atoms with Gasteiger partial charge in [-0.1, -0.05) is 165 Å². The van der Waals surface area contributed by atoms with E-state index >= 15 is 0 Å². The molecule has 0 fully saturated rings. The first-order chi connectivity index (χ1) is 20.8. The molecule has 2 N–H and O–H groups in total. The van der Waals surface area contributed by atoms with Gasteiger partial charge in [-0.15, -0.1) is 0 Å². The van der Waals surface area contributed by atoms with Gasteiger partial charge < -0.3 is 19.7 Å². The molecule has 0 heterocycles. The quantitative estimate of drug-likeness (QED) is 0.188. The normalized spacial score (nSPS) is 9.91. The van der Waals surface area contributed by atoms with Crippen LogP contribution in [0, 0.1) is 0 Å². The number of methoxy groups -OCH3 is 2. The molecule has 0 atom stereocenters. The molecule has 0 spiro atoms. The Kier molecular flexibility index (Phi) is 36.3. The summed E-state index contributed by atoms with van der Waals surface area (Å²) in [4.78, 5) is 0. The molecule has 4 nitrogen and oxygen atoms in total. The van der Waals surface area contributed by atoms with E-state index in [0.717, 1.165) is 14.2 Å². The van der Waals surface area contributed by atoms with Crippen LogP contribution in [0.2, 0.25) is 0 Å². The molecule has 0 aromatic heterocycles. The smallest absolute Gasteiger partial charge is 0.145 e. The molecular formula is C38H58O4Y. The number of hydrogen-bond donors (Lipinski definition) is 2. The van der Waals surface area contributed by atoms with Crippen molar-refractivity contribution < 1.29 is 52.4 Å². The summed E-state index contributed by atoms with van der Waals surface area (Å²) in [5.41, 5.74) is 7.80. The third kappa shape index (κ3) is 13.1. The van der Waals surface area contributed by atoms with Crippen LogP contribution in [0.25, 0.3) is 11.1 Å². The Labute approximate surface area is 289 Å². The van der Waals surface area contributed by atoms with E-state index in [4.69, 9.17) is 10.2 Å². The minimum atomic E-state index is -0.254. The van der Waals surface area contributed by atoms with Crippen LogP contribution in [0.1, 0.15) is 77.6 Å². The number of aliphatic hydroxyl groups is 2. The fraction of sp³-hybridized carbons (Fsp3) is 0.368. The van der Waals surface area contributed by atoms with Crippen molar-refractivity contribution in [3.63, 3.8) is 0 Å². The summed E-state index contributed by atoms with van der Waals surface area (Å²) in [6.07, 6.45) is 0. The molecule has 0 saturated heterocycles. The van der Waals surface area contributed by atoms with Gasteiger partial charge in [0.25, 0.3) is 0 Å². The van der Waals surface area contributed by atoms with Crippen LogP contribution in [-0.2, 0) is 47.6 Å². The molecular weight excluding hydrogens is 609 g/mol. The van der Waals surface area contributed by atoms with Crippen molar-refractivity contribution in [2.45, 2.75) is 60.8 Å². The van der Waals surface area contributed by atoms with Crippen LogP contribution in [0.3, 0.4) is 0 Å². The first-order valence-corrected chi connectivity index (χ1v) is 15.0. The van der Waals surface area contributed by atoms with Crippen LogP contribution in [0.4, 0.5) is 0 Å². The Bertz CT molecular complexity index is 1010. The maximum Gasteiger partial charge on any atom is 0.145 e. The Morgan fingerprint density at radius 2 is 0.698 bits per heavy atom. The summed E-state index contributed by atoms with van der Waals surface area (Å²) in [5.74, 6) is 0. The summed E-state index contributed by atoms with van der Waals surface area (Å²) in [6, 6.07) is 39.5. The van der Waals surface area contributed by atoms with Crippen molar-refractivity contribution in [2.75, 3.05) is 35.2 Å². The Balaban J connectivity index is -0.000000363. The number of aliphatic hydroxyl groups excluding tert-OH is 2. The molecule has 0 saturated carbocycles. The molecule has 237 valence electrons. The zero-order chi connectivity index (χ0) is 32.8. The molecule has 0 bridgehead atoms. The van der Waals surface area contributed by atoms with Crippen molar-refractivity contribution in [3.05, 3.63) is 131 Å². The zero-order valence-electron chi connectivity index (χ0n) is 28.9. The number of fused-ring (bicyclic) bond motifs is 3. The minimum absolute atomic E-state index is 0. The van der Waals surface area contributed by atoms with Gasteiger partial charge in [-0.3, -0.25) is 0 Å². The Hall–Kier alpha value is -2.18. The van der Waals surface area contributed by atoms with E-state index in [-0.39, 0.29) is 38.1 Å². The van der Waals surface area contributed by atoms with E-state index in [1.54, 1.807) is 14.2 Å². The fourth-order valence-corrected chi connectivity index (χ4v) is 4.52. The number of rotatable bonds is 4. The fourth-order valence-electron chi connectivity index (χ4n) is 4.52. The van der Waals surface area contributed by atoms with Crippen molar-refractivity contribution in [1.29, 1.82) is 0 Å². The van der Waals surface area contributed by atoms with E-state index in [0.29, 0.717) is 6.79 Å². The minimum Gasteiger partial charge on any atom is -0.400 e. The van der Waals surface area contributed by atoms with Gasteiger partial charge in [-0.2, -0.15) is 0 Å². The molecule has 0 amide bonds. The van der Waals surface area contributed by atoms with Crippen LogP contribution < -0.4 is 0 Å². The standard InChI is InChI=1S/C25H18.C3H8O2.4C2H6.2CH4O.Y/c1-3-11-19(12-4-1)25(20-13-5-2-6-14-20)23-17-9-7-15-21(23)22-16-8-10-18-24(22)25;1-4-3-5-2;6*1-2;/h1-18H;3H2,1-2H3;4*1-2H3;2*2H,1H3;. The van der Waals surface area contributed by atoms with Gasteiger partial charge in [-0.05, 0) is 33.4 Å². The average molecular weight is 668 g/mol.